The number of amides is 3. The normalized spacial score (nSPS) is 9.95. The Morgan fingerprint density at radius 1 is 1.19 bits per heavy atom. The predicted molar refractivity (Wildman–Crippen MR) is 77.9 cm³/mol. The lowest BCUT2D eigenvalue weighted by atomic mass is 10.1. The van der Waals surface area contributed by atoms with Crippen molar-refractivity contribution in [1.82, 2.24) is 10.6 Å². The minimum atomic E-state index is -0.953. The second-order valence-electron chi connectivity index (χ2n) is 4.79. The van der Waals surface area contributed by atoms with E-state index >= 15 is 0 Å². The highest BCUT2D eigenvalue weighted by Crippen LogP contribution is 2.03. The number of urea groups is 1. The summed E-state index contributed by atoms with van der Waals surface area (Å²) < 4.78 is 0. The topological polar surface area (TPSA) is 95.5 Å². The van der Waals surface area contributed by atoms with Crippen LogP contribution in [0.25, 0.3) is 0 Å². The summed E-state index contributed by atoms with van der Waals surface area (Å²) in [6.45, 7) is 2.43. The molecule has 3 amide bonds. The SMILES string of the molecule is Cc1cccc(CCNC(=O)NC(=O)CCCC(=O)O)c1. The van der Waals surface area contributed by atoms with Gasteiger partial charge in [0.2, 0.25) is 5.91 Å². The summed E-state index contributed by atoms with van der Waals surface area (Å²) in [5, 5.41) is 13.2. The summed E-state index contributed by atoms with van der Waals surface area (Å²) >= 11 is 0. The van der Waals surface area contributed by atoms with Crippen LogP contribution in [0.1, 0.15) is 30.4 Å². The number of benzene rings is 1. The van der Waals surface area contributed by atoms with Gasteiger partial charge in [0.05, 0.1) is 0 Å². The zero-order chi connectivity index (χ0) is 15.7. The average molecular weight is 292 g/mol. The average Bonchev–Trinajstić information content (AvgIpc) is 2.38. The lowest BCUT2D eigenvalue weighted by Crippen LogP contribution is -2.40. The molecule has 0 aromatic heterocycles. The van der Waals surface area contributed by atoms with Gasteiger partial charge < -0.3 is 10.4 Å². The van der Waals surface area contributed by atoms with Crippen molar-refractivity contribution < 1.29 is 19.5 Å². The smallest absolute Gasteiger partial charge is 0.321 e. The largest absolute Gasteiger partial charge is 0.481 e. The summed E-state index contributed by atoms with van der Waals surface area (Å²) in [5.74, 6) is -1.42. The molecule has 6 heteroatoms. The van der Waals surface area contributed by atoms with E-state index in [1.54, 1.807) is 0 Å². The van der Waals surface area contributed by atoms with E-state index in [0.29, 0.717) is 13.0 Å². The first-order valence-electron chi connectivity index (χ1n) is 6.82. The number of carboxylic acids is 1. The Kier molecular flexibility index (Phi) is 6.94. The van der Waals surface area contributed by atoms with E-state index in [1.165, 1.54) is 0 Å². The minimum absolute atomic E-state index is 0.0254. The van der Waals surface area contributed by atoms with Gasteiger partial charge in [-0.15, -0.1) is 0 Å². The van der Waals surface area contributed by atoms with Gasteiger partial charge in [-0.3, -0.25) is 14.9 Å². The molecule has 1 rings (SSSR count). The summed E-state index contributed by atoms with van der Waals surface area (Å²) in [6, 6.07) is 7.42. The number of hydrogen-bond acceptors (Lipinski definition) is 3. The van der Waals surface area contributed by atoms with E-state index in [9.17, 15) is 14.4 Å². The maximum atomic E-state index is 11.4. The standard InChI is InChI=1S/C15H20N2O4/c1-11-4-2-5-12(10-11)8-9-16-15(21)17-13(18)6-3-7-14(19)20/h2,4-5,10H,3,6-9H2,1H3,(H,19,20)(H2,16,17,18,21). The molecule has 0 heterocycles. The second-order valence-corrected chi connectivity index (χ2v) is 4.79. The molecule has 1 aromatic carbocycles. The predicted octanol–water partition coefficient (Wildman–Crippen LogP) is 1.62. The molecule has 1 aromatic rings. The third kappa shape index (κ3) is 7.71. The molecular weight excluding hydrogens is 272 g/mol. The van der Waals surface area contributed by atoms with Gasteiger partial charge in [-0.25, -0.2) is 4.79 Å². The van der Waals surface area contributed by atoms with E-state index < -0.39 is 17.9 Å². The van der Waals surface area contributed by atoms with Gasteiger partial charge in [0.25, 0.3) is 0 Å². The van der Waals surface area contributed by atoms with Crippen LogP contribution in [0.3, 0.4) is 0 Å². The van der Waals surface area contributed by atoms with Crippen LogP contribution in [-0.4, -0.2) is 29.6 Å². The van der Waals surface area contributed by atoms with Crippen molar-refractivity contribution in [3.63, 3.8) is 0 Å². The third-order valence-corrected chi connectivity index (χ3v) is 2.83. The molecule has 6 nitrogen and oxygen atoms in total. The fourth-order valence-corrected chi connectivity index (χ4v) is 1.82. The first-order valence-corrected chi connectivity index (χ1v) is 6.82. The van der Waals surface area contributed by atoms with Crippen LogP contribution in [0.5, 0.6) is 0 Å². The molecule has 0 saturated carbocycles. The van der Waals surface area contributed by atoms with Crippen LogP contribution in [0.15, 0.2) is 24.3 Å². The molecule has 0 aliphatic heterocycles. The fourth-order valence-electron chi connectivity index (χ4n) is 1.82. The Morgan fingerprint density at radius 2 is 1.95 bits per heavy atom. The van der Waals surface area contributed by atoms with Crippen LogP contribution in [-0.2, 0) is 16.0 Å². The number of carbonyl (C=O) groups is 3. The van der Waals surface area contributed by atoms with Crippen molar-refractivity contribution in [2.45, 2.75) is 32.6 Å². The van der Waals surface area contributed by atoms with E-state index in [0.717, 1.165) is 11.1 Å². The molecule has 0 atom stereocenters. The first kappa shape index (κ1) is 16.7. The first-order chi connectivity index (χ1) is 9.97. The summed E-state index contributed by atoms with van der Waals surface area (Å²) in [7, 11) is 0. The van der Waals surface area contributed by atoms with Gasteiger partial charge in [-0.2, -0.15) is 0 Å². The zero-order valence-corrected chi connectivity index (χ0v) is 12.0. The highest BCUT2D eigenvalue weighted by atomic mass is 16.4. The Hall–Kier alpha value is -2.37. The van der Waals surface area contributed by atoms with Crippen LogP contribution in [0.2, 0.25) is 0 Å². The monoisotopic (exact) mass is 292 g/mol. The van der Waals surface area contributed by atoms with E-state index in [2.05, 4.69) is 10.6 Å². The van der Waals surface area contributed by atoms with Gasteiger partial charge in [-0.1, -0.05) is 29.8 Å². The van der Waals surface area contributed by atoms with Gasteiger partial charge in [0.1, 0.15) is 0 Å². The lowest BCUT2D eigenvalue weighted by Gasteiger charge is -2.07. The van der Waals surface area contributed by atoms with E-state index in [4.69, 9.17) is 5.11 Å². The highest BCUT2D eigenvalue weighted by molar-refractivity contribution is 5.94. The molecule has 0 aliphatic carbocycles. The van der Waals surface area contributed by atoms with Crippen molar-refractivity contribution >= 4 is 17.9 Å². The molecule has 0 fully saturated rings. The highest BCUT2D eigenvalue weighted by Gasteiger charge is 2.08. The summed E-state index contributed by atoms with van der Waals surface area (Å²) in [4.78, 5) is 33.1. The Balaban J connectivity index is 2.19. The fraction of sp³-hybridized carbons (Fsp3) is 0.400. The molecule has 0 aliphatic rings. The Labute approximate surface area is 123 Å². The molecule has 21 heavy (non-hydrogen) atoms. The van der Waals surface area contributed by atoms with Gasteiger partial charge in [0, 0.05) is 19.4 Å². The van der Waals surface area contributed by atoms with Crippen LogP contribution in [0.4, 0.5) is 4.79 Å². The number of aliphatic carboxylic acids is 1. The van der Waals surface area contributed by atoms with Crippen molar-refractivity contribution in [2.75, 3.05) is 6.54 Å². The number of nitrogens with one attached hydrogen (secondary N) is 2. The second kappa shape index (κ2) is 8.73. The number of carbonyl (C=O) groups excluding carboxylic acids is 2. The maximum Gasteiger partial charge on any atom is 0.321 e. The van der Waals surface area contributed by atoms with Gasteiger partial charge >= 0.3 is 12.0 Å². The van der Waals surface area contributed by atoms with Crippen molar-refractivity contribution in [3.8, 4) is 0 Å². The number of rotatable bonds is 7. The van der Waals surface area contributed by atoms with E-state index in [-0.39, 0.29) is 19.3 Å². The molecule has 0 radical (unpaired) electrons. The Morgan fingerprint density at radius 3 is 2.62 bits per heavy atom. The Bertz CT molecular complexity index is 514. The number of hydrogen-bond donors (Lipinski definition) is 3. The maximum absolute atomic E-state index is 11.4. The quantitative estimate of drug-likeness (QED) is 0.711. The van der Waals surface area contributed by atoms with Crippen LogP contribution >= 0.6 is 0 Å². The molecule has 0 bridgehead atoms. The molecule has 0 unspecified atom stereocenters. The minimum Gasteiger partial charge on any atom is -0.481 e. The summed E-state index contributed by atoms with van der Waals surface area (Å²) in [5.41, 5.74) is 2.27. The van der Waals surface area contributed by atoms with Crippen molar-refractivity contribution in [1.29, 1.82) is 0 Å². The third-order valence-electron chi connectivity index (χ3n) is 2.83. The van der Waals surface area contributed by atoms with Crippen LogP contribution in [0, 0.1) is 6.92 Å². The molecule has 0 saturated heterocycles. The van der Waals surface area contributed by atoms with E-state index in [1.807, 2.05) is 31.2 Å². The number of aryl methyl sites for hydroxylation is 1. The lowest BCUT2D eigenvalue weighted by molar-refractivity contribution is -0.137. The zero-order valence-electron chi connectivity index (χ0n) is 12.0. The van der Waals surface area contributed by atoms with Gasteiger partial charge in [0.15, 0.2) is 0 Å². The molecule has 3 N–H and O–H groups in total. The van der Waals surface area contributed by atoms with Crippen molar-refractivity contribution in [2.24, 2.45) is 0 Å². The molecule has 0 spiro atoms. The number of imide groups is 1. The molecular formula is C15H20N2O4. The van der Waals surface area contributed by atoms with Crippen LogP contribution < -0.4 is 10.6 Å². The molecule has 114 valence electrons. The summed E-state index contributed by atoms with van der Waals surface area (Å²) in [6.07, 6.45) is 0.847. The van der Waals surface area contributed by atoms with Gasteiger partial charge in [-0.05, 0) is 25.3 Å². The number of carboxylic acid groups (broad SMARTS) is 1. The van der Waals surface area contributed by atoms with Crippen molar-refractivity contribution in [3.05, 3.63) is 35.4 Å².